The zero-order valence-corrected chi connectivity index (χ0v) is 18.7. The number of para-hydroxylation sites is 1. The van der Waals surface area contributed by atoms with Gasteiger partial charge in [-0.25, -0.2) is 12.8 Å². The molecule has 0 saturated heterocycles. The van der Waals surface area contributed by atoms with Crippen LogP contribution >= 0.6 is 0 Å². The Morgan fingerprint density at radius 3 is 2.24 bits per heavy atom. The van der Waals surface area contributed by atoms with E-state index < -0.39 is 10.0 Å². The Morgan fingerprint density at radius 2 is 1.48 bits per heavy atom. The monoisotopic (exact) mass is 458 g/mol. The number of nitrogens with zero attached hydrogens (tertiary/aromatic N) is 1. The number of hydrogen-bond acceptors (Lipinski definition) is 3. The molecule has 0 radical (unpaired) electrons. The van der Waals surface area contributed by atoms with Crippen molar-refractivity contribution in [2.24, 2.45) is 0 Å². The van der Waals surface area contributed by atoms with E-state index in [0.29, 0.717) is 5.69 Å². The molecule has 0 spiro atoms. The van der Waals surface area contributed by atoms with Crippen molar-refractivity contribution in [2.45, 2.75) is 17.7 Å². The first-order chi connectivity index (χ1) is 16.0. The molecule has 1 N–H and O–H groups in total. The van der Waals surface area contributed by atoms with E-state index in [1.165, 1.54) is 23.4 Å². The SMILES string of the molecule is O=S(=O)(Nc1cccc(N2CCCc3ccccc32)c1)c1ccc(-c2ccc(F)cc2)cc1. The summed E-state index contributed by atoms with van der Waals surface area (Å²) in [5.74, 6) is -0.308. The van der Waals surface area contributed by atoms with Crippen LogP contribution in [0.5, 0.6) is 0 Å². The molecule has 0 saturated carbocycles. The minimum absolute atomic E-state index is 0.169. The molecule has 0 amide bonds. The molecule has 4 nitrogen and oxygen atoms in total. The summed E-state index contributed by atoms with van der Waals surface area (Å²) >= 11 is 0. The molecule has 1 heterocycles. The van der Waals surface area contributed by atoms with Gasteiger partial charge in [-0.05, 0) is 78.1 Å². The van der Waals surface area contributed by atoms with Crippen LogP contribution in [0.4, 0.5) is 21.5 Å². The lowest BCUT2D eigenvalue weighted by Gasteiger charge is -2.31. The maximum Gasteiger partial charge on any atom is 0.261 e. The standard InChI is InChI=1S/C27H23FN2O2S/c28-23-14-10-20(11-15-23)21-12-16-26(17-13-21)33(31,32)29-24-7-3-8-25(19-24)30-18-4-6-22-5-1-2-9-27(22)30/h1-3,5,7-17,19,29H,4,6,18H2. The maximum atomic E-state index is 13.2. The zero-order valence-electron chi connectivity index (χ0n) is 17.9. The fourth-order valence-electron chi connectivity index (χ4n) is 4.22. The van der Waals surface area contributed by atoms with Crippen LogP contribution in [-0.4, -0.2) is 15.0 Å². The van der Waals surface area contributed by atoms with E-state index in [2.05, 4.69) is 21.8 Å². The molecule has 4 aromatic carbocycles. The summed E-state index contributed by atoms with van der Waals surface area (Å²) < 4.78 is 41.9. The topological polar surface area (TPSA) is 49.4 Å². The number of benzene rings is 4. The third-order valence-electron chi connectivity index (χ3n) is 5.86. The van der Waals surface area contributed by atoms with Gasteiger partial charge in [0.1, 0.15) is 5.82 Å². The molecular formula is C27H23FN2O2S. The van der Waals surface area contributed by atoms with Gasteiger partial charge < -0.3 is 4.90 Å². The second-order valence-electron chi connectivity index (χ2n) is 8.07. The molecular weight excluding hydrogens is 435 g/mol. The van der Waals surface area contributed by atoms with Gasteiger partial charge in [-0.3, -0.25) is 4.72 Å². The Labute approximate surface area is 193 Å². The van der Waals surface area contributed by atoms with Crippen molar-refractivity contribution in [3.8, 4) is 11.1 Å². The van der Waals surface area contributed by atoms with Gasteiger partial charge in [0.2, 0.25) is 0 Å². The summed E-state index contributed by atoms with van der Waals surface area (Å²) in [6.07, 6.45) is 2.10. The van der Waals surface area contributed by atoms with Crippen LogP contribution in [0.1, 0.15) is 12.0 Å². The van der Waals surface area contributed by atoms with Gasteiger partial charge in [0, 0.05) is 17.9 Å². The highest BCUT2D eigenvalue weighted by Crippen LogP contribution is 2.34. The van der Waals surface area contributed by atoms with Crippen molar-refractivity contribution in [3.05, 3.63) is 108 Å². The van der Waals surface area contributed by atoms with Crippen molar-refractivity contribution in [3.63, 3.8) is 0 Å². The Bertz CT molecular complexity index is 1380. The molecule has 6 heteroatoms. The Balaban J connectivity index is 1.38. The van der Waals surface area contributed by atoms with Crippen LogP contribution in [0.3, 0.4) is 0 Å². The Kier molecular flexibility index (Phi) is 5.60. The lowest BCUT2D eigenvalue weighted by atomic mass is 10.0. The van der Waals surface area contributed by atoms with Crippen molar-refractivity contribution in [1.29, 1.82) is 0 Å². The summed E-state index contributed by atoms with van der Waals surface area (Å²) in [4.78, 5) is 2.40. The van der Waals surface area contributed by atoms with Gasteiger partial charge in [0.25, 0.3) is 10.0 Å². The first-order valence-electron chi connectivity index (χ1n) is 10.8. The summed E-state index contributed by atoms with van der Waals surface area (Å²) in [5, 5.41) is 0. The first-order valence-corrected chi connectivity index (χ1v) is 12.3. The molecule has 1 aliphatic rings. The molecule has 0 fully saturated rings. The molecule has 5 rings (SSSR count). The van der Waals surface area contributed by atoms with E-state index >= 15 is 0 Å². The first kappa shape index (κ1) is 21.2. The molecule has 0 aromatic heterocycles. The third-order valence-corrected chi connectivity index (χ3v) is 7.26. The number of halogens is 1. The van der Waals surface area contributed by atoms with Crippen LogP contribution in [0.2, 0.25) is 0 Å². The number of aryl methyl sites for hydroxylation is 1. The quantitative estimate of drug-likeness (QED) is 0.378. The highest BCUT2D eigenvalue weighted by molar-refractivity contribution is 7.92. The van der Waals surface area contributed by atoms with Gasteiger partial charge in [-0.2, -0.15) is 0 Å². The van der Waals surface area contributed by atoms with Gasteiger partial charge in [-0.1, -0.05) is 48.5 Å². The highest BCUT2D eigenvalue weighted by atomic mass is 32.2. The number of fused-ring (bicyclic) bond motifs is 1. The molecule has 0 bridgehead atoms. The number of hydrogen-bond donors (Lipinski definition) is 1. The molecule has 4 aromatic rings. The van der Waals surface area contributed by atoms with E-state index in [9.17, 15) is 12.8 Å². The van der Waals surface area contributed by atoms with Crippen LogP contribution in [0, 0.1) is 5.82 Å². The number of nitrogens with one attached hydrogen (secondary N) is 1. The summed E-state index contributed by atoms with van der Waals surface area (Å²) in [7, 11) is -3.76. The van der Waals surface area contributed by atoms with E-state index in [1.807, 2.05) is 30.3 Å². The predicted molar refractivity (Wildman–Crippen MR) is 131 cm³/mol. The molecule has 0 atom stereocenters. The van der Waals surface area contributed by atoms with Crippen molar-refractivity contribution < 1.29 is 12.8 Å². The molecule has 166 valence electrons. The summed E-state index contributed by atoms with van der Waals surface area (Å²) in [5.41, 5.74) is 5.57. The number of rotatable bonds is 5. The Hall–Kier alpha value is -3.64. The minimum atomic E-state index is -3.76. The van der Waals surface area contributed by atoms with E-state index in [4.69, 9.17) is 0 Å². The third kappa shape index (κ3) is 4.47. The molecule has 0 unspecified atom stereocenters. The van der Waals surface area contributed by atoms with E-state index in [1.54, 1.807) is 42.5 Å². The average molecular weight is 459 g/mol. The van der Waals surface area contributed by atoms with Gasteiger partial charge >= 0.3 is 0 Å². The summed E-state index contributed by atoms with van der Waals surface area (Å²) in [6.45, 7) is 0.887. The van der Waals surface area contributed by atoms with Crippen molar-refractivity contribution in [1.82, 2.24) is 0 Å². The van der Waals surface area contributed by atoms with Crippen LogP contribution in [0.15, 0.2) is 102 Å². The molecule has 33 heavy (non-hydrogen) atoms. The number of sulfonamides is 1. The summed E-state index contributed by atoms with van der Waals surface area (Å²) in [6, 6.07) is 28.5. The maximum absolute atomic E-state index is 13.2. The lowest BCUT2D eigenvalue weighted by Crippen LogP contribution is -2.24. The largest absolute Gasteiger partial charge is 0.341 e. The van der Waals surface area contributed by atoms with Crippen molar-refractivity contribution >= 4 is 27.1 Å². The highest BCUT2D eigenvalue weighted by Gasteiger charge is 2.19. The Morgan fingerprint density at radius 1 is 0.788 bits per heavy atom. The van der Waals surface area contributed by atoms with Crippen LogP contribution < -0.4 is 9.62 Å². The predicted octanol–water partition coefficient (Wildman–Crippen LogP) is 6.38. The minimum Gasteiger partial charge on any atom is -0.341 e. The van der Waals surface area contributed by atoms with E-state index in [-0.39, 0.29) is 10.7 Å². The fraction of sp³-hybridized carbons (Fsp3) is 0.111. The normalized spacial score (nSPS) is 13.4. The second kappa shape index (κ2) is 8.71. The zero-order chi connectivity index (χ0) is 22.8. The van der Waals surface area contributed by atoms with Gasteiger partial charge in [0.05, 0.1) is 10.6 Å². The lowest BCUT2D eigenvalue weighted by molar-refractivity contribution is 0.601. The van der Waals surface area contributed by atoms with Crippen LogP contribution in [0.25, 0.3) is 11.1 Å². The number of anilines is 3. The van der Waals surface area contributed by atoms with Crippen molar-refractivity contribution in [2.75, 3.05) is 16.2 Å². The molecule has 0 aliphatic carbocycles. The van der Waals surface area contributed by atoms with E-state index in [0.717, 1.165) is 36.2 Å². The van der Waals surface area contributed by atoms with Crippen LogP contribution in [-0.2, 0) is 16.4 Å². The van der Waals surface area contributed by atoms with Gasteiger partial charge in [-0.15, -0.1) is 0 Å². The fourth-order valence-corrected chi connectivity index (χ4v) is 5.27. The van der Waals surface area contributed by atoms with Gasteiger partial charge in [0.15, 0.2) is 0 Å². The smallest absolute Gasteiger partial charge is 0.261 e. The molecule has 1 aliphatic heterocycles. The average Bonchev–Trinajstić information content (AvgIpc) is 2.84. The second-order valence-corrected chi connectivity index (χ2v) is 9.75.